The minimum Gasteiger partial charge on any atom is -0.326 e. The Morgan fingerprint density at radius 1 is 1.19 bits per heavy atom. The van der Waals surface area contributed by atoms with Crippen LogP contribution in [0.25, 0.3) is 0 Å². The van der Waals surface area contributed by atoms with Crippen molar-refractivity contribution in [2.24, 2.45) is 0 Å². The van der Waals surface area contributed by atoms with E-state index in [0.717, 1.165) is 24.0 Å². The van der Waals surface area contributed by atoms with Crippen molar-refractivity contribution < 1.29 is 13.2 Å². The van der Waals surface area contributed by atoms with Gasteiger partial charge in [-0.05, 0) is 42.0 Å². The topological polar surface area (TPSA) is 66.5 Å². The Bertz CT molecular complexity index is 895. The van der Waals surface area contributed by atoms with Crippen LogP contribution in [0.1, 0.15) is 36.8 Å². The average molecular weight is 372 g/mol. The van der Waals surface area contributed by atoms with Crippen molar-refractivity contribution in [1.29, 1.82) is 0 Å². The molecule has 0 bridgehead atoms. The van der Waals surface area contributed by atoms with Gasteiger partial charge in [-0.1, -0.05) is 43.3 Å². The maximum absolute atomic E-state index is 12.4. The molecule has 1 unspecified atom stereocenters. The van der Waals surface area contributed by atoms with E-state index in [1.54, 1.807) is 6.07 Å². The molecular weight excluding hydrogens is 348 g/mol. The van der Waals surface area contributed by atoms with E-state index in [1.165, 1.54) is 10.6 Å². The highest BCUT2D eigenvalue weighted by Crippen LogP contribution is 2.32. The van der Waals surface area contributed by atoms with E-state index in [1.807, 2.05) is 49.4 Å². The minimum atomic E-state index is -3.32. The van der Waals surface area contributed by atoms with Crippen molar-refractivity contribution in [1.82, 2.24) is 0 Å². The highest BCUT2D eigenvalue weighted by atomic mass is 32.2. The van der Waals surface area contributed by atoms with Gasteiger partial charge in [-0.25, -0.2) is 8.42 Å². The van der Waals surface area contributed by atoms with Crippen molar-refractivity contribution >= 4 is 27.3 Å². The molecule has 6 heteroatoms. The zero-order chi connectivity index (χ0) is 18.7. The van der Waals surface area contributed by atoms with Gasteiger partial charge in [-0.3, -0.25) is 9.10 Å². The van der Waals surface area contributed by atoms with Crippen LogP contribution in [0.15, 0.2) is 48.5 Å². The molecule has 2 aromatic carbocycles. The number of hydrogen-bond donors (Lipinski definition) is 1. The van der Waals surface area contributed by atoms with Crippen LogP contribution in [0, 0.1) is 0 Å². The van der Waals surface area contributed by atoms with Gasteiger partial charge in [-0.15, -0.1) is 0 Å². The van der Waals surface area contributed by atoms with Crippen LogP contribution >= 0.6 is 0 Å². The Labute approximate surface area is 155 Å². The third-order valence-corrected chi connectivity index (χ3v) is 5.89. The Hall–Kier alpha value is -2.34. The normalized spacial score (nSPS) is 15.2. The van der Waals surface area contributed by atoms with E-state index in [0.29, 0.717) is 24.3 Å². The largest absolute Gasteiger partial charge is 0.326 e. The first kappa shape index (κ1) is 18.5. The van der Waals surface area contributed by atoms with Crippen LogP contribution in [0.4, 0.5) is 11.4 Å². The summed E-state index contributed by atoms with van der Waals surface area (Å²) < 4.78 is 25.5. The molecule has 1 heterocycles. The summed E-state index contributed by atoms with van der Waals surface area (Å²) in [5.41, 5.74) is 3.42. The summed E-state index contributed by atoms with van der Waals surface area (Å²) in [7, 11) is -3.32. The molecule has 0 aromatic heterocycles. The second kappa shape index (κ2) is 7.50. The van der Waals surface area contributed by atoms with Crippen LogP contribution in [0.5, 0.6) is 0 Å². The van der Waals surface area contributed by atoms with Gasteiger partial charge in [0.2, 0.25) is 15.9 Å². The Kier molecular flexibility index (Phi) is 5.32. The lowest BCUT2D eigenvalue weighted by Gasteiger charge is -2.29. The van der Waals surface area contributed by atoms with Gasteiger partial charge in [0.25, 0.3) is 0 Å². The molecule has 1 N–H and O–H groups in total. The summed E-state index contributed by atoms with van der Waals surface area (Å²) in [6.45, 7) is 2.50. The zero-order valence-electron chi connectivity index (χ0n) is 15.1. The van der Waals surface area contributed by atoms with E-state index in [9.17, 15) is 13.2 Å². The van der Waals surface area contributed by atoms with Crippen LogP contribution < -0.4 is 9.62 Å². The molecule has 26 heavy (non-hydrogen) atoms. The number of nitrogens with one attached hydrogen (secondary N) is 1. The monoisotopic (exact) mass is 372 g/mol. The van der Waals surface area contributed by atoms with Crippen LogP contribution in [0.3, 0.4) is 0 Å². The molecule has 5 nitrogen and oxygen atoms in total. The Morgan fingerprint density at radius 2 is 1.92 bits per heavy atom. The van der Waals surface area contributed by atoms with E-state index in [-0.39, 0.29) is 11.8 Å². The number of rotatable bonds is 5. The summed E-state index contributed by atoms with van der Waals surface area (Å²) in [5, 5.41) is 2.90. The predicted molar refractivity (Wildman–Crippen MR) is 105 cm³/mol. The second-order valence-corrected chi connectivity index (χ2v) is 8.75. The third-order valence-electron chi connectivity index (χ3n) is 4.71. The van der Waals surface area contributed by atoms with Crippen molar-refractivity contribution in [2.45, 2.75) is 32.1 Å². The summed E-state index contributed by atoms with van der Waals surface area (Å²) in [6, 6.07) is 15.4. The van der Waals surface area contributed by atoms with Crippen molar-refractivity contribution in [3.63, 3.8) is 0 Å². The molecule has 0 saturated heterocycles. The summed E-state index contributed by atoms with van der Waals surface area (Å²) in [4.78, 5) is 12.4. The van der Waals surface area contributed by atoms with Gasteiger partial charge < -0.3 is 5.32 Å². The lowest BCUT2D eigenvalue weighted by Crippen LogP contribution is -2.34. The first-order valence-corrected chi connectivity index (χ1v) is 10.6. The van der Waals surface area contributed by atoms with Crippen molar-refractivity contribution in [3.05, 3.63) is 59.7 Å². The number of fused-ring (bicyclic) bond motifs is 1. The number of benzene rings is 2. The van der Waals surface area contributed by atoms with Crippen molar-refractivity contribution in [3.8, 4) is 0 Å². The Balaban J connectivity index is 1.73. The maximum Gasteiger partial charge on any atom is 0.232 e. The van der Waals surface area contributed by atoms with Crippen LogP contribution in [-0.4, -0.2) is 27.1 Å². The fraction of sp³-hybridized carbons (Fsp3) is 0.350. The fourth-order valence-corrected chi connectivity index (χ4v) is 4.34. The average Bonchev–Trinajstić information content (AvgIpc) is 2.61. The first-order valence-electron chi connectivity index (χ1n) is 8.80. The van der Waals surface area contributed by atoms with Gasteiger partial charge >= 0.3 is 0 Å². The number of carbonyl (C=O) groups excluding carboxylic acids is 1. The van der Waals surface area contributed by atoms with E-state index < -0.39 is 10.0 Å². The number of carbonyl (C=O) groups is 1. The molecule has 0 radical (unpaired) electrons. The lowest BCUT2D eigenvalue weighted by molar-refractivity contribution is -0.116. The summed E-state index contributed by atoms with van der Waals surface area (Å²) in [5.74, 6) is 0.0318. The number of amides is 1. The summed E-state index contributed by atoms with van der Waals surface area (Å²) in [6.07, 6.45) is 3.24. The smallest absolute Gasteiger partial charge is 0.232 e. The molecule has 3 rings (SSSR count). The van der Waals surface area contributed by atoms with E-state index in [2.05, 4.69) is 5.32 Å². The quantitative estimate of drug-likeness (QED) is 0.873. The SMILES string of the molecule is CC(CC(=O)Nc1ccc2c(c1)N(S(C)(=O)=O)CCC2)c1ccccc1. The molecule has 0 saturated carbocycles. The number of anilines is 2. The number of sulfonamides is 1. The number of hydrogen-bond acceptors (Lipinski definition) is 3. The van der Waals surface area contributed by atoms with Crippen LogP contribution in [-0.2, 0) is 21.2 Å². The highest BCUT2D eigenvalue weighted by Gasteiger charge is 2.24. The number of nitrogens with zero attached hydrogens (tertiary/aromatic N) is 1. The molecule has 2 aromatic rings. The van der Waals surface area contributed by atoms with Gasteiger partial charge in [0.05, 0.1) is 11.9 Å². The second-order valence-electron chi connectivity index (χ2n) is 6.85. The molecular formula is C20H24N2O3S. The van der Waals surface area contributed by atoms with E-state index >= 15 is 0 Å². The molecule has 0 spiro atoms. The van der Waals surface area contributed by atoms with Crippen LogP contribution in [0.2, 0.25) is 0 Å². The number of aryl methyl sites for hydroxylation is 1. The lowest BCUT2D eigenvalue weighted by atomic mass is 9.97. The predicted octanol–water partition coefficient (Wildman–Crippen LogP) is 3.53. The molecule has 1 atom stereocenters. The highest BCUT2D eigenvalue weighted by molar-refractivity contribution is 7.92. The fourth-order valence-electron chi connectivity index (χ4n) is 3.35. The first-order chi connectivity index (χ1) is 12.3. The van der Waals surface area contributed by atoms with Crippen molar-refractivity contribution in [2.75, 3.05) is 22.4 Å². The van der Waals surface area contributed by atoms with Gasteiger partial charge in [0.15, 0.2) is 0 Å². The van der Waals surface area contributed by atoms with Gasteiger partial charge in [-0.2, -0.15) is 0 Å². The van der Waals surface area contributed by atoms with Gasteiger partial charge in [0, 0.05) is 18.7 Å². The molecule has 0 fully saturated rings. The molecule has 0 aliphatic carbocycles. The van der Waals surface area contributed by atoms with E-state index in [4.69, 9.17) is 0 Å². The standard InChI is InChI=1S/C20H24N2O3S/c1-15(16-7-4-3-5-8-16)13-20(23)21-18-11-10-17-9-6-12-22(19(17)14-18)26(2,24)25/h3-5,7-8,10-11,14-15H,6,9,12-13H2,1-2H3,(H,21,23). The Morgan fingerprint density at radius 3 is 2.62 bits per heavy atom. The summed E-state index contributed by atoms with van der Waals surface area (Å²) >= 11 is 0. The molecule has 1 aliphatic heterocycles. The molecule has 138 valence electrons. The van der Waals surface area contributed by atoms with Gasteiger partial charge in [0.1, 0.15) is 0 Å². The maximum atomic E-state index is 12.4. The molecule has 1 amide bonds. The minimum absolute atomic E-state index is 0.0805. The molecule has 1 aliphatic rings. The third kappa shape index (κ3) is 4.25. The zero-order valence-corrected chi connectivity index (χ0v) is 15.9.